The molecule has 0 atom stereocenters. The summed E-state index contributed by atoms with van der Waals surface area (Å²) in [5.41, 5.74) is 28.2. The van der Waals surface area contributed by atoms with Gasteiger partial charge in [0, 0.05) is 152 Å². The smallest absolute Gasteiger partial charge is 0.0540 e. The van der Waals surface area contributed by atoms with Gasteiger partial charge in [-0.25, -0.2) is 0 Å². The van der Waals surface area contributed by atoms with E-state index in [9.17, 15) is 0 Å². The van der Waals surface area contributed by atoms with Crippen LogP contribution in [0.3, 0.4) is 0 Å². The van der Waals surface area contributed by atoms with Gasteiger partial charge in [-0.1, -0.05) is 273 Å². The van der Waals surface area contributed by atoms with Gasteiger partial charge in [0.1, 0.15) is 0 Å². The largest absolute Gasteiger partial charge is 0.311 e. The molecule has 0 saturated heterocycles. The van der Waals surface area contributed by atoms with Crippen LogP contribution in [0.25, 0.3) is 43.1 Å². The molecule has 0 radical (unpaired) electrons. The highest BCUT2D eigenvalue weighted by molar-refractivity contribution is 6.07. The molecular formula is C130H95N9. The van der Waals surface area contributed by atoms with Crippen molar-refractivity contribution in [1.29, 1.82) is 0 Å². The van der Waals surface area contributed by atoms with Crippen LogP contribution < -0.4 is 44.1 Å². The summed E-state index contributed by atoms with van der Waals surface area (Å²) in [5.74, 6) is 0. The van der Waals surface area contributed by atoms with E-state index in [2.05, 4.69) is 620 Å². The molecule has 0 saturated carbocycles. The van der Waals surface area contributed by atoms with E-state index in [1.54, 1.807) is 0 Å². The monoisotopic (exact) mass is 1780 g/mol. The maximum atomic E-state index is 2.41. The molecule has 0 unspecified atom stereocenters. The van der Waals surface area contributed by atoms with E-state index >= 15 is 0 Å². The molecule has 0 aliphatic carbocycles. The van der Waals surface area contributed by atoms with Gasteiger partial charge < -0.3 is 44.1 Å². The number of rotatable bonds is 27. The van der Waals surface area contributed by atoms with E-state index < -0.39 is 0 Å². The van der Waals surface area contributed by atoms with Crippen molar-refractivity contribution in [3.63, 3.8) is 0 Å². The summed E-state index contributed by atoms with van der Waals surface area (Å²) in [6.07, 6.45) is 0. The second-order valence-corrected chi connectivity index (χ2v) is 34.5. The van der Waals surface area contributed by atoms with Gasteiger partial charge in [0.05, 0.1) is 22.7 Å². The van der Waals surface area contributed by atoms with E-state index in [0.717, 1.165) is 154 Å². The van der Waals surface area contributed by atoms with Crippen LogP contribution in [0.4, 0.5) is 154 Å². The number of hydrogen-bond donors (Lipinski definition) is 0. The zero-order valence-corrected chi connectivity index (χ0v) is 76.4. The van der Waals surface area contributed by atoms with Crippen molar-refractivity contribution < 1.29 is 0 Å². The van der Waals surface area contributed by atoms with Crippen molar-refractivity contribution in [2.75, 3.05) is 44.1 Å². The summed E-state index contributed by atoms with van der Waals surface area (Å²) < 4.78 is 0. The third-order valence-electron chi connectivity index (χ3n) is 26.1. The third-order valence-corrected chi connectivity index (χ3v) is 26.1. The van der Waals surface area contributed by atoms with Crippen molar-refractivity contribution in [2.45, 2.75) is 0 Å². The molecule has 0 heterocycles. The van der Waals surface area contributed by atoms with Crippen molar-refractivity contribution in [3.05, 3.63) is 576 Å². The van der Waals surface area contributed by atoms with Gasteiger partial charge in [0.25, 0.3) is 0 Å². The van der Waals surface area contributed by atoms with Crippen LogP contribution in [0.15, 0.2) is 576 Å². The summed E-state index contributed by atoms with van der Waals surface area (Å²) >= 11 is 0. The minimum atomic E-state index is 1.02. The van der Waals surface area contributed by atoms with Gasteiger partial charge in [0.15, 0.2) is 0 Å². The molecule has 0 aromatic heterocycles. The lowest BCUT2D eigenvalue weighted by Crippen LogP contribution is -2.14. The average molecular weight is 1780 g/mol. The average Bonchev–Trinajstić information content (AvgIpc) is 0.780. The number of hydrogen-bond acceptors (Lipinski definition) is 9. The van der Waals surface area contributed by atoms with Crippen LogP contribution in [0.1, 0.15) is 0 Å². The topological polar surface area (TPSA) is 29.2 Å². The third kappa shape index (κ3) is 17.2. The van der Waals surface area contributed by atoms with E-state index in [0.29, 0.717) is 0 Å². The quantitative estimate of drug-likeness (QED) is 0.0499. The molecule has 660 valence electrons. The van der Waals surface area contributed by atoms with Gasteiger partial charge in [0.2, 0.25) is 0 Å². The Morgan fingerprint density at radius 1 is 0.0719 bits per heavy atom. The highest BCUT2D eigenvalue weighted by atomic mass is 15.2. The van der Waals surface area contributed by atoms with Crippen LogP contribution >= 0.6 is 0 Å². The van der Waals surface area contributed by atoms with Crippen molar-refractivity contribution >= 4 is 197 Å². The minimum absolute atomic E-state index is 1.02. The maximum Gasteiger partial charge on any atom is 0.0540 e. The molecule has 23 aromatic carbocycles. The number of benzene rings is 23. The molecule has 0 amide bonds. The Morgan fingerprint density at radius 2 is 0.173 bits per heavy atom. The van der Waals surface area contributed by atoms with E-state index in [-0.39, 0.29) is 0 Å². The molecule has 23 rings (SSSR count). The van der Waals surface area contributed by atoms with Crippen molar-refractivity contribution in [1.82, 2.24) is 0 Å². The molecule has 0 N–H and O–H groups in total. The number of fused-ring (bicyclic) bond motifs is 4. The lowest BCUT2D eigenvalue weighted by Gasteiger charge is -2.31. The second-order valence-electron chi connectivity index (χ2n) is 34.5. The fourth-order valence-corrected chi connectivity index (χ4v) is 19.6. The summed E-state index contributed by atoms with van der Waals surface area (Å²) in [6, 6.07) is 207. The summed E-state index contributed by atoms with van der Waals surface area (Å²) in [4.78, 5) is 21.2. The summed E-state index contributed by atoms with van der Waals surface area (Å²) in [5, 5.41) is 9.50. The van der Waals surface area contributed by atoms with Crippen LogP contribution in [-0.2, 0) is 0 Å². The van der Waals surface area contributed by atoms with E-state index in [1.807, 2.05) is 0 Å². The van der Waals surface area contributed by atoms with Gasteiger partial charge >= 0.3 is 0 Å². The molecule has 9 nitrogen and oxygen atoms in total. The van der Waals surface area contributed by atoms with Crippen LogP contribution in [0.2, 0.25) is 0 Å². The first-order chi connectivity index (χ1) is 69.0. The van der Waals surface area contributed by atoms with Crippen molar-refractivity contribution in [3.8, 4) is 0 Å². The first-order valence-corrected chi connectivity index (χ1v) is 47.3. The summed E-state index contributed by atoms with van der Waals surface area (Å²) in [6.45, 7) is 0. The van der Waals surface area contributed by atoms with Gasteiger partial charge in [-0.05, 0) is 325 Å². The second kappa shape index (κ2) is 38.5. The number of nitrogens with zero attached hydrogens (tertiary/aromatic N) is 9. The standard InChI is InChI=1S/C130H95N9/c1-8-42-100(43-9-1)131(107-64-68-109(69-65-107)132(101-44-10-2-11-45-101)111-72-76-113(77-73-111)134(103-48-14-4-15-49-103)115-80-84-117(85-81-115)136(105-52-18-6-19-53-105)119-88-92-121(93-89-119)138(127-60-30-38-96-34-22-26-56-123(96)127)128-61-31-39-97-35-23-27-57-124(97)128)108-66-70-110(71-67-108)133(102-46-12-3-13-47-102)112-74-78-114(79-75-112)135(104-50-16-5-17-51-104)116-82-86-118(87-83-116)137(106-54-20-7-21-55-106)120-90-94-122(95-91-120)139(129-62-32-40-98-36-24-28-58-125(98)129)130-63-33-41-99-37-25-29-59-126(99)130/h1-95H. The molecule has 139 heavy (non-hydrogen) atoms. The number of anilines is 27. The Kier molecular flexibility index (Phi) is 23.4. The normalized spacial score (nSPS) is 11.2. The van der Waals surface area contributed by atoms with Crippen LogP contribution in [0, 0.1) is 0 Å². The highest BCUT2D eigenvalue weighted by Gasteiger charge is 2.27. The Morgan fingerprint density at radius 3 is 0.309 bits per heavy atom. The van der Waals surface area contributed by atoms with E-state index in [4.69, 9.17) is 0 Å². The Hall–Kier alpha value is -18.7. The highest BCUT2D eigenvalue weighted by Crippen LogP contribution is 2.51. The number of para-hydroxylation sites is 7. The van der Waals surface area contributed by atoms with E-state index in [1.165, 1.54) is 43.1 Å². The Bertz CT molecular complexity index is 7490. The fourth-order valence-electron chi connectivity index (χ4n) is 19.6. The minimum Gasteiger partial charge on any atom is -0.311 e. The zero-order chi connectivity index (χ0) is 92.6. The molecular weight excluding hydrogens is 1690 g/mol. The van der Waals surface area contributed by atoms with Gasteiger partial charge in [-0.15, -0.1) is 0 Å². The first-order valence-electron chi connectivity index (χ1n) is 47.3. The van der Waals surface area contributed by atoms with Crippen LogP contribution in [0.5, 0.6) is 0 Å². The molecule has 23 aromatic rings. The Labute approximate surface area is 811 Å². The lowest BCUT2D eigenvalue weighted by atomic mass is 10.0. The van der Waals surface area contributed by atoms with Gasteiger partial charge in [-0.3, -0.25) is 0 Å². The molecule has 9 heteroatoms. The lowest BCUT2D eigenvalue weighted by molar-refractivity contribution is 1.23. The fraction of sp³-hybridized carbons (Fsp3) is 0. The predicted molar refractivity (Wildman–Crippen MR) is 589 cm³/mol. The maximum absolute atomic E-state index is 2.41. The first kappa shape index (κ1) is 84.6. The summed E-state index contributed by atoms with van der Waals surface area (Å²) in [7, 11) is 0. The molecule has 0 aliphatic heterocycles. The van der Waals surface area contributed by atoms with Gasteiger partial charge in [-0.2, -0.15) is 0 Å². The van der Waals surface area contributed by atoms with Crippen LogP contribution in [-0.4, -0.2) is 0 Å². The van der Waals surface area contributed by atoms with Crippen molar-refractivity contribution in [2.24, 2.45) is 0 Å². The molecule has 0 spiro atoms. The predicted octanol–water partition coefficient (Wildman–Crippen LogP) is 37.5. The SMILES string of the molecule is c1ccc(N(c2ccc(N(c3ccccc3)c3ccc(N(c4ccccc4)c4ccc(N(c5ccccc5)c5ccc(N(c6cccc7ccccc67)c6cccc7ccccc67)cc5)cc4)cc3)cc2)c2ccc(N(c3ccccc3)c3ccc(N(c4ccccc4)c4ccc(N(c5ccccc5)c5ccc(N(c6cccc7ccccc67)c6cccc7ccccc67)cc5)cc4)cc3)cc2)cc1. The molecule has 0 fully saturated rings. The molecule has 0 bridgehead atoms. The Balaban J connectivity index is 0.521. The zero-order valence-electron chi connectivity index (χ0n) is 76.4. The molecule has 0 aliphatic rings.